The Morgan fingerprint density at radius 2 is 1.79 bits per heavy atom. The van der Waals surface area contributed by atoms with E-state index in [9.17, 15) is 13.6 Å². The first-order valence-electron chi connectivity index (χ1n) is 7.49. The van der Waals surface area contributed by atoms with E-state index >= 15 is 0 Å². The lowest BCUT2D eigenvalue weighted by Crippen LogP contribution is -2.24. The smallest absolute Gasteiger partial charge is 0.387 e. The van der Waals surface area contributed by atoms with Gasteiger partial charge in [0.05, 0.1) is 12.8 Å². The second-order valence-electron chi connectivity index (χ2n) is 5.21. The third-order valence-electron chi connectivity index (χ3n) is 3.58. The highest BCUT2D eigenvalue weighted by Crippen LogP contribution is 2.34. The van der Waals surface area contributed by atoms with Gasteiger partial charge in [0.1, 0.15) is 17.1 Å². The summed E-state index contributed by atoms with van der Waals surface area (Å²) in [5, 5.41) is 2.58. The lowest BCUT2D eigenvalue weighted by Gasteiger charge is -2.18. The Morgan fingerprint density at radius 3 is 2.29 bits per heavy atom. The summed E-state index contributed by atoms with van der Waals surface area (Å²) in [6.45, 7) is 2.83. The van der Waals surface area contributed by atoms with E-state index in [1.165, 1.54) is 13.2 Å². The van der Waals surface area contributed by atoms with Crippen molar-refractivity contribution >= 4 is 5.91 Å². The molecular formula is C17H20F2N2O3. The Balaban J connectivity index is 2.67. The Morgan fingerprint density at radius 1 is 1.21 bits per heavy atom. The zero-order chi connectivity index (χ0) is 17.9. The number of aromatic nitrogens is 1. The lowest BCUT2D eigenvalue weighted by atomic mass is 10.1. The van der Waals surface area contributed by atoms with Gasteiger partial charge in [-0.2, -0.15) is 8.78 Å². The maximum Gasteiger partial charge on any atom is 0.387 e. The number of benzene rings is 1. The second kappa shape index (κ2) is 7.33. The topological polar surface area (TPSA) is 52.5 Å². The molecule has 7 heteroatoms. The molecule has 2 rings (SSSR count). The van der Waals surface area contributed by atoms with Gasteiger partial charge >= 0.3 is 6.61 Å². The molecule has 0 atom stereocenters. The largest absolute Gasteiger partial charge is 0.496 e. The highest BCUT2D eigenvalue weighted by molar-refractivity contribution is 6.00. The van der Waals surface area contributed by atoms with E-state index in [0.29, 0.717) is 12.2 Å². The van der Waals surface area contributed by atoms with Crippen LogP contribution < -0.4 is 14.8 Å². The summed E-state index contributed by atoms with van der Waals surface area (Å²) in [5.74, 6) is -0.586. The van der Waals surface area contributed by atoms with Crippen LogP contribution >= 0.6 is 0 Å². The third kappa shape index (κ3) is 3.50. The van der Waals surface area contributed by atoms with Gasteiger partial charge in [0.2, 0.25) is 0 Å². The number of aryl methyl sites for hydroxylation is 2. The molecule has 0 bridgehead atoms. The summed E-state index contributed by atoms with van der Waals surface area (Å²) in [6, 6.07) is 6.86. The van der Waals surface area contributed by atoms with Gasteiger partial charge in [-0.1, -0.05) is 0 Å². The second-order valence-corrected chi connectivity index (χ2v) is 5.21. The highest BCUT2D eigenvalue weighted by atomic mass is 19.3. The number of alkyl halides is 2. The lowest BCUT2D eigenvalue weighted by molar-refractivity contribution is -0.0502. The van der Waals surface area contributed by atoms with Crippen molar-refractivity contribution in [1.82, 2.24) is 9.88 Å². The van der Waals surface area contributed by atoms with Crippen molar-refractivity contribution in [3.8, 4) is 17.2 Å². The molecule has 0 fully saturated rings. The first kappa shape index (κ1) is 17.8. The van der Waals surface area contributed by atoms with Crippen LogP contribution in [0.4, 0.5) is 8.78 Å². The molecule has 1 amide bonds. The van der Waals surface area contributed by atoms with Crippen molar-refractivity contribution in [2.75, 3.05) is 13.7 Å². The van der Waals surface area contributed by atoms with Crippen molar-refractivity contribution in [3.63, 3.8) is 0 Å². The number of nitrogens with zero attached hydrogens (tertiary/aromatic N) is 1. The van der Waals surface area contributed by atoms with E-state index in [2.05, 4.69) is 10.1 Å². The zero-order valence-corrected chi connectivity index (χ0v) is 14.0. The van der Waals surface area contributed by atoms with Gasteiger partial charge in [0, 0.05) is 30.1 Å². The number of halogens is 2. The molecule has 5 nitrogen and oxygen atoms in total. The Hall–Kier alpha value is -2.57. The van der Waals surface area contributed by atoms with Gasteiger partial charge in [0.25, 0.3) is 5.91 Å². The molecule has 0 unspecified atom stereocenters. The summed E-state index contributed by atoms with van der Waals surface area (Å²) in [5.41, 5.74) is 2.37. The quantitative estimate of drug-likeness (QED) is 0.878. The predicted octanol–water partition coefficient (Wildman–Crippen LogP) is 3.45. The van der Waals surface area contributed by atoms with Crippen LogP contribution in [0.25, 0.3) is 5.69 Å². The van der Waals surface area contributed by atoms with E-state index in [0.717, 1.165) is 11.4 Å². The molecule has 0 radical (unpaired) electrons. The molecule has 1 aromatic carbocycles. The van der Waals surface area contributed by atoms with Crippen molar-refractivity contribution in [2.45, 2.75) is 27.4 Å². The highest BCUT2D eigenvalue weighted by Gasteiger charge is 2.23. The molecule has 130 valence electrons. The Kier molecular flexibility index (Phi) is 5.43. The number of carbonyl (C=O) groups excluding carboxylic acids is 1. The molecule has 0 saturated heterocycles. The fourth-order valence-electron chi connectivity index (χ4n) is 2.60. The molecule has 0 aliphatic carbocycles. The normalized spacial score (nSPS) is 10.8. The number of hydrogen-bond acceptors (Lipinski definition) is 3. The van der Waals surface area contributed by atoms with Crippen molar-refractivity contribution in [2.24, 2.45) is 0 Å². The van der Waals surface area contributed by atoms with Gasteiger partial charge in [-0.15, -0.1) is 0 Å². The number of methoxy groups -OCH3 is 1. The molecule has 0 aliphatic rings. The first-order valence-corrected chi connectivity index (χ1v) is 7.49. The van der Waals surface area contributed by atoms with Gasteiger partial charge < -0.3 is 19.4 Å². The number of amides is 1. The molecule has 1 aromatic heterocycles. The average molecular weight is 338 g/mol. The summed E-state index contributed by atoms with van der Waals surface area (Å²) < 4.78 is 37.3. The SMILES string of the molecule is CCNC(=O)c1c(OC)cc(-n2c(C)ccc2C)cc1OC(F)F. The van der Waals surface area contributed by atoms with Crippen LogP contribution in [-0.2, 0) is 0 Å². The fourth-order valence-corrected chi connectivity index (χ4v) is 2.60. The molecule has 0 aliphatic heterocycles. The van der Waals surface area contributed by atoms with E-state index in [1.807, 2.05) is 30.5 Å². The zero-order valence-electron chi connectivity index (χ0n) is 14.0. The van der Waals surface area contributed by atoms with Crippen LogP contribution in [0.5, 0.6) is 11.5 Å². The molecular weight excluding hydrogens is 318 g/mol. The number of ether oxygens (including phenoxy) is 2. The van der Waals surface area contributed by atoms with Crippen LogP contribution in [-0.4, -0.2) is 30.7 Å². The van der Waals surface area contributed by atoms with Crippen LogP contribution in [0.1, 0.15) is 28.7 Å². The molecule has 0 spiro atoms. The minimum absolute atomic E-state index is 0.0501. The molecule has 1 N–H and O–H groups in total. The number of carbonyl (C=O) groups is 1. The number of hydrogen-bond donors (Lipinski definition) is 1. The summed E-state index contributed by atoms with van der Waals surface area (Å²) in [7, 11) is 1.38. The molecule has 24 heavy (non-hydrogen) atoms. The van der Waals surface area contributed by atoms with E-state index in [4.69, 9.17) is 4.74 Å². The van der Waals surface area contributed by atoms with Crippen molar-refractivity contribution in [3.05, 3.63) is 41.2 Å². The Bertz CT molecular complexity index is 722. The first-order chi connectivity index (χ1) is 11.4. The summed E-state index contributed by atoms with van der Waals surface area (Å²) in [6.07, 6.45) is 0. The van der Waals surface area contributed by atoms with E-state index < -0.39 is 12.5 Å². The minimum Gasteiger partial charge on any atom is -0.496 e. The number of rotatable bonds is 6. The summed E-state index contributed by atoms with van der Waals surface area (Å²) >= 11 is 0. The van der Waals surface area contributed by atoms with Crippen molar-refractivity contribution < 1.29 is 23.0 Å². The number of nitrogens with one attached hydrogen (secondary N) is 1. The Labute approximate surface area is 139 Å². The van der Waals surface area contributed by atoms with Gasteiger partial charge in [-0.3, -0.25) is 4.79 Å². The van der Waals surface area contributed by atoms with Crippen LogP contribution in [0.3, 0.4) is 0 Å². The molecule has 0 saturated carbocycles. The van der Waals surface area contributed by atoms with E-state index in [1.54, 1.807) is 13.0 Å². The van der Waals surface area contributed by atoms with Gasteiger partial charge in [-0.05, 0) is 32.9 Å². The average Bonchev–Trinajstić information content (AvgIpc) is 2.85. The van der Waals surface area contributed by atoms with Crippen LogP contribution in [0.15, 0.2) is 24.3 Å². The van der Waals surface area contributed by atoms with Crippen LogP contribution in [0.2, 0.25) is 0 Å². The van der Waals surface area contributed by atoms with Gasteiger partial charge in [-0.25, -0.2) is 0 Å². The standard InChI is InChI=1S/C17H20F2N2O3/c1-5-20-16(22)15-13(23-4)8-12(9-14(15)24-17(18)19)21-10(2)6-7-11(21)3/h6-9,17H,5H2,1-4H3,(H,20,22). The van der Waals surface area contributed by atoms with E-state index in [-0.39, 0.29) is 17.1 Å². The van der Waals surface area contributed by atoms with Crippen molar-refractivity contribution in [1.29, 1.82) is 0 Å². The maximum atomic E-state index is 12.8. The maximum absolute atomic E-state index is 12.8. The predicted molar refractivity (Wildman–Crippen MR) is 86.4 cm³/mol. The van der Waals surface area contributed by atoms with Crippen LogP contribution in [0, 0.1) is 13.8 Å². The fraction of sp³-hybridized carbons (Fsp3) is 0.353. The third-order valence-corrected chi connectivity index (χ3v) is 3.58. The molecule has 1 heterocycles. The monoisotopic (exact) mass is 338 g/mol. The summed E-state index contributed by atoms with van der Waals surface area (Å²) in [4.78, 5) is 12.2. The minimum atomic E-state index is -3.05. The van der Waals surface area contributed by atoms with Gasteiger partial charge in [0.15, 0.2) is 0 Å². The molecule has 2 aromatic rings.